The number of carbonyl (C=O) groups is 1. The van der Waals surface area contributed by atoms with E-state index in [0.29, 0.717) is 25.3 Å². The van der Waals surface area contributed by atoms with Crippen molar-refractivity contribution in [2.24, 2.45) is 13.0 Å². The van der Waals surface area contributed by atoms with Crippen LogP contribution in [0.4, 0.5) is 0 Å². The van der Waals surface area contributed by atoms with Crippen molar-refractivity contribution in [3.8, 4) is 16.9 Å². The van der Waals surface area contributed by atoms with E-state index in [1.54, 1.807) is 11.8 Å². The number of para-hydroxylation sites is 3. The van der Waals surface area contributed by atoms with Crippen molar-refractivity contribution in [2.45, 2.75) is 25.7 Å². The molecule has 5 aromatic rings. The van der Waals surface area contributed by atoms with Crippen molar-refractivity contribution in [1.29, 1.82) is 0 Å². The van der Waals surface area contributed by atoms with Crippen molar-refractivity contribution in [3.63, 3.8) is 0 Å². The lowest BCUT2D eigenvalue weighted by Gasteiger charge is -2.15. The van der Waals surface area contributed by atoms with E-state index in [1.807, 2.05) is 85.6 Å². The van der Waals surface area contributed by atoms with E-state index in [9.17, 15) is 4.79 Å². The molecular weight excluding hydrogens is 504 g/mol. The summed E-state index contributed by atoms with van der Waals surface area (Å²) in [6.45, 7) is 5.09. The van der Waals surface area contributed by atoms with Gasteiger partial charge in [0.1, 0.15) is 11.3 Å². The van der Waals surface area contributed by atoms with Crippen LogP contribution in [0.25, 0.3) is 28.0 Å². The molecule has 0 bridgehead atoms. The molecule has 0 N–H and O–H groups in total. The number of benzene rings is 2. The number of likely N-dealkylation sites (tertiary alicyclic amines) is 1. The van der Waals surface area contributed by atoms with Crippen LogP contribution in [-0.4, -0.2) is 68.6 Å². The lowest BCUT2D eigenvalue weighted by molar-refractivity contribution is -0.119. The first-order chi connectivity index (χ1) is 19.5. The summed E-state index contributed by atoms with van der Waals surface area (Å²) in [4.78, 5) is 20.9. The zero-order valence-electron chi connectivity index (χ0n) is 23.2. The first-order valence-electron chi connectivity index (χ1n) is 13.7. The number of aryl methyl sites for hydroxylation is 1. The minimum atomic E-state index is 0.0410. The predicted octanol–water partition coefficient (Wildman–Crippen LogP) is 4.59. The molecule has 1 aliphatic rings. The molecule has 0 aliphatic carbocycles. The van der Waals surface area contributed by atoms with Gasteiger partial charge in [-0.05, 0) is 42.7 Å². The van der Waals surface area contributed by atoms with Crippen LogP contribution in [-0.2, 0) is 23.0 Å². The molecule has 9 nitrogen and oxygen atoms in total. The smallest absolute Gasteiger partial charge is 0.200 e. The van der Waals surface area contributed by atoms with Gasteiger partial charge in [0.25, 0.3) is 0 Å². The van der Waals surface area contributed by atoms with E-state index in [1.165, 1.54) is 0 Å². The summed E-state index contributed by atoms with van der Waals surface area (Å²) >= 11 is 0. The number of ketones is 1. The van der Waals surface area contributed by atoms with Gasteiger partial charge in [0.2, 0.25) is 0 Å². The first-order valence-corrected chi connectivity index (χ1v) is 13.7. The third-order valence-corrected chi connectivity index (χ3v) is 7.83. The maximum Gasteiger partial charge on any atom is 0.200 e. The largest absolute Gasteiger partial charge is 0.440 e. The van der Waals surface area contributed by atoms with Crippen LogP contribution in [0.1, 0.15) is 29.5 Å². The van der Waals surface area contributed by atoms with E-state index in [0.717, 1.165) is 58.9 Å². The first kappa shape index (κ1) is 26.2. The SMILES string of the molecule is COCCN1C[C@@H](CC(=O)Cc2c(C)c(-c3cnn(C)c3)nn2-c2ccccc2)[C@H](c2nc3ccccc3o2)C1. The van der Waals surface area contributed by atoms with Crippen LogP contribution in [0.5, 0.6) is 0 Å². The Hall–Kier alpha value is -4.08. The fourth-order valence-electron chi connectivity index (χ4n) is 5.79. The molecule has 3 aromatic heterocycles. The summed E-state index contributed by atoms with van der Waals surface area (Å²) < 4.78 is 15.2. The number of Topliss-reactive ketones (excluding diaryl/α,β-unsaturated/α-hetero) is 1. The summed E-state index contributed by atoms with van der Waals surface area (Å²) in [5, 5.41) is 9.27. The van der Waals surface area contributed by atoms with Gasteiger partial charge in [0.05, 0.1) is 35.8 Å². The quantitative estimate of drug-likeness (QED) is 0.257. The Morgan fingerprint density at radius 3 is 2.65 bits per heavy atom. The van der Waals surface area contributed by atoms with Crippen LogP contribution >= 0.6 is 0 Å². The molecular formula is C31H34N6O3. The number of hydrogen-bond donors (Lipinski definition) is 0. The second-order valence-electron chi connectivity index (χ2n) is 10.6. The predicted molar refractivity (Wildman–Crippen MR) is 152 cm³/mol. The van der Waals surface area contributed by atoms with Crippen LogP contribution in [0.3, 0.4) is 0 Å². The Morgan fingerprint density at radius 2 is 1.90 bits per heavy atom. The molecule has 0 amide bonds. The summed E-state index contributed by atoms with van der Waals surface area (Å²) in [6.07, 6.45) is 4.50. The van der Waals surface area contributed by atoms with Crippen molar-refractivity contribution in [3.05, 3.63) is 84.1 Å². The highest BCUT2D eigenvalue weighted by molar-refractivity contribution is 5.82. The molecule has 2 atom stereocenters. The van der Waals surface area contributed by atoms with Gasteiger partial charge in [-0.1, -0.05) is 30.3 Å². The van der Waals surface area contributed by atoms with Gasteiger partial charge in [-0.25, -0.2) is 9.67 Å². The number of aromatic nitrogens is 5. The minimum Gasteiger partial charge on any atom is -0.440 e. The van der Waals surface area contributed by atoms with E-state index in [4.69, 9.17) is 19.2 Å². The fourth-order valence-corrected chi connectivity index (χ4v) is 5.79. The number of hydrogen-bond acceptors (Lipinski definition) is 7. The molecule has 9 heteroatoms. The molecule has 6 rings (SSSR count). The fraction of sp³-hybridized carbons (Fsp3) is 0.355. The molecule has 0 saturated carbocycles. The molecule has 2 aromatic carbocycles. The highest BCUT2D eigenvalue weighted by Crippen LogP contribution is 2.36. The topological polar surface area (TPSA) is 91.2 Å². The third-order valence-electron chi connectivity index (χ3n) is 7.83. The van der Waals surface area contributed by atoms with Crippen LogP contribution in [0.15, 0.2) is 71.4 Å². The normalized spacial score (nSPS) is 17.7. The second kappa shape index (κ2) is 11.2. The zero-order chi connectivity index (χ0) is 27.6. The number of methoxy groups -OCH3 is 1. The molecule has 1 saturated heterocycles. The van der Waals surface area contributed by atoms with Crippen molar-refractivity contribution >= 4 is 16.9 Å². The van der Waals surface area contributed by atoms with Crippen LogP contribution in [0, 0.1) is 12.8 Å². The Morgan fingerprint density at radius 1 is 1.10 bits per heavy atom. The number of rotatable bonds is 10. The summed E-state index contributed by atoms with van der Waals surface area (Å²) in [5.41, 5.74) is 6.24. The summed E-state index contributed by atoms with van der Waals surface area (Å²) in [6, 6.07) is 17.8. The monoisotopic (exact) mass is 538 g/mol. The molecule has 0 spiro atoms. The van der Waals surface area contributed by atoms with Crippen molar-refractivity contribution in [1.82, 2.24) is 29.4 Å². The second-order valence-corrected chi connectivity index (χ2v) is 10.6. The van der Waals surface area contributed by atoms with Gasteiger partial charge in [-0.3, -0.25) is 14.4 Å². The van der Waals surface area contributed by atoms with Gasteiger partial charge in [-0.15, -0.1) is 0 Å². The van der Waals surface area contributed by atoms with E-state index >= 15 is 0 Å². The maximum atomic E-state index is 13.8. The molecule has 1 fully saturated rings. The summed E-state index contributed by atoms with van der Waals surface area (Å²) in [5.74, 6) is 1.03. The van der Waals surface area contributed by atoms with Crippen LogP contribution in [0.2, 0.25) is 0 Å². The lowest BCUT2D eigenvalue weighted by atomic mass is 9.89. The van der Waals surface area contributed by atoms with Gasteiger partial charge < -0.3 is 9.15 Å². The molecule has 206 valence electrons. The van der Waals surface area contributed by atoms with Gasteiger partial charge in [0, 0.05) is 58.4 Å². The summed E-state index contributed by atoms with van der Waals surface area (Å²) in [7, 11) is 3.61. The van der Waals surface area contributed by atoms with E-state index < -0.39 is 0 Å². The lowest BCUT2D eigenvalue weighted by Crippen LogP contribution is -2.25. The highest BCUT2D eigenvalue weighted by Gasteiger charge is 2.38. The Labute approximate surface area is 233 Å². The van der Waals surface area contributed by atoms with Gasteiger partial charge in [0.15, 0.2) is 11.5 Å². The number of ether oxygens (including phenoxy) is 1. The number of carbonyl (C=O) groups excluding carboxylic acids is 1. The van der Waals surface area contributed by atoms with E-state index in [2.05, 4.69) is 10.00 Å². The minimum absolute atomic E-state index is 0.0410. The molecule has 40 heavy (non-hydrogen) atoms. The number of nitrogens with zero attached hydrogens (tertiary/aromatic N) is 6. The highest BCUT2D eigenvalue weighted by atomic mass is 16.5. The van der Waals surface area contributed by atoms with Gasteiger partial charge in [-0.2, -0.15) is 10.2 Å². The van der Waals surface area contributed by atoms with Crippen molar-refractivity contribution < 1.29 is 13.9 Å². The molecule has 4 heterocycles. The average Bonchev–Trinajstić information content (AvgIpc) is 3.74. The number of fused-ring (bicyclic) bond motifs is 1. The Balaban J connectivity index is 1.28. The molecule has 0 radical (unpaired) electrons. The number of oxazole rings is 1. The molecule has 0 unspecified atom stereocenters. The average molecular weight is 539 g/mol. The maximum absolute atomic E-state index is 13.8. The van der Waals surface area contributed by atoms with E-state index in [-0.39, 0.29) is 17.6 Å². The van der Waals surface area contributed by atoms with Crippen LogP contribution < -0.4 is 0 Å². The Bertz CT molecular complexity index is 1590. The Kier molecular flexibility index (Phi) is 7.32. The van der Waals surface area contributed by atoms with Gasteiger partial charge >= 0.3 is 0 Å². The third kappa shape index (κ3) is 5.22. The zero-order valence-corrected chi connectivity index (χ0v) is 23.2. The molecule has 1 aliphatic heterocycles. The van der Waals surface area contributed by atoms with Crippen molar-refractivity contribution in [2.75, 3.05) is 33.4 Å². The standard InChI is InChI=1S/C31H34N6O3/c1-21-28(37(24-9-5-4-6-10-24)34-30(21)23-17-32-35(2)18-23)16-25(38)15-22-19-36(13-14-39-3)20-26(22)31-33-27-11-7-8-12-29(27)40-31/h4-12,17-18,22,26H,13-16,19-20H2,1-3H3/t22-,26-/m1/s1.